The standard InChI is InChI=1S/C17H20N6S2/c1-11(20-22-16(24)18-2)15(21-23-17(25)19-3)14-10-6-8-12-7-4-5-9-13(12)14/h4-10H,1-3H3,(H2,18,22,24)(H2,19,23,25)/b20-11+,21-15-. The lowest BCUT2D eigenvalue weighted by Crippen LogP contribution is -2.32. The van der Waals surface area contributed by atoms with Crippen LogP contribution in [0.3, 0.4) is 0 Å². The first-order valence-corrected chi connectivity index (χ1v) is 8.44. The van der Waals surface area contributed by atoms with Crippen molar-refractivity contribution >= 4 is 56.9 Å². The van der Waals surface area contributed by atoms with Crippen LogP contribution >= 0.6 is 24.4 Å². The van der Waals surface area contributed by atoms with Gasteiger partial charge in [-0.1, -0.05) is 42.5 Å². The molecule has 0 saturated heterocycles. The van der Waals surface area contributed by atoms with Gasteiger partial charge in [0.25, 0.3) is 0 Å². The van der Waals surface area contributed by atoms with Crippen molar-refractivity contribution in [1.82, 2.24) is 21.5 Å². The van der Waals surface area contributed by atoms with Gasteiger partial charge in [-0.3, -0.25) is 10.9 Å². The number of fused-ring (bicyclic) bond motifs is 1. The molecule has 8 heteroatoms. The molecule has 2 rings (SSSR count). The predicted molar refractivity (Wildman–Crippen MR) is 113 cm³/mol. The Bertz CT molecular complexity index is 839. The fourth-order valence-corrected chi connectivity index (χ4v) is 2.27. The minimum Gasteiger partial charge on any atom is -0.364 e. The van der Waals surface area contributed by atoms with Gasteiger partial charge >= 0.3 is 0 Å². The summed E-state index contributed by atoms with van der Waals surface area (Å²) in [5, 5.41) is 17.5. The summed E-state index contributed by atoms with van der Waals surface area (Å²) in [5.41, 5.74) is 7.89. The highest BCUT2D eigenvalue weighted by Crippen LogP contribution is 2.19. The number of benzene rings is 2. The van der Waals surface area contributed by atoms with Crippen molar-refractivity contribution in [3.63, 3.8) is 0 Å². The number of thiocarbonyl (C=S) groups is 2. The Balaban J connectivity index is 2.50. The van der Waals surface area contributed by atoms with Crippen molar-refractivity contribution in [3.8, 4) is 0 Å². The normalized spacial score (nSPS) is 11.8. The van der Waals surface area contributed by atoms with Crippen LogP contribution in [0.2, 0.25) is 0 Å². The van der Waals surface area contributed by atoms with Gasteiger partial charge in [0.05, 0.1) is 5.71 Å². The molecule has 0 aliphatic rings. The fraction of sp³-hybridized carbons (Fsp3) is 0.176. The van der Waals surface area contributed by atoms with E-state index in [4.69, 9.17) is 24.4 Å². The van der Waals surface area contributed by atoms with Crippen molar-refractivity contribution in [3.05, 3.63) is 48.0 Å². The summed E-state index contributed by atoms with van der Waals surface area (Å²) in [4.78, 5) is 0. The largest absolute Gasteiger partial charge is 0.364 e. The van der Waals surface area contributed by atoms with E-state index in [0.29, 0.717) is 21.6 Å². The average Bonchev–Trinajstić information content (AvgIpc) is 2.65. The Labute approximate surface area is 157 Å². The van der Waals surface area contributed by atoms with E-state index < -0.39 is 0 Å². The van der Waals surface area contributed by atoms with Crippen LogP contribution < -0.4 is 21.5 Å². The second-order valence-corrected chi connectivity index (χ2v) is 5.88. The molecule has 6 nitrogen and oxygen atoms in total. The number of hydrazone groups is 2. The molecule has 0 aromatic heterocycles. The molecule has 4 N–H and O–H groups in total. The second kappa shape index (κ2) is 9.05. The minimum atomic E-state index is 0.421. The number of nitrogens with one attached hydrogen (secondary N) is 4. The zero-order valence-corrected chi connectivity index (χ0v) is 15.9. The summed E-state index contributed by atoms with van der Waals surface area (Å²) in [6, 6.07) is 14.2. The van der Waals surface area contributed by atoms with E-state index >= 15 is 0 Å². The number of nitrogens with zero attached hydrogens (tertiary/aromatic N) is 2. The summed E-state index contributed by atoms with van der Waals surface area (Å²) < 4.78 is 0. The van der Waals surface area contributed by atoms with E-state index in [1.807, 2.05) is 31.2 Å². The molecule has 0 bridgehead atoms. The predicted octanol–water partition coefficient (Wildman–Crippen LogP) is 2.11. The van der Waals surface area contributed by atoms with Crippen molar-refractivity contribution in [2.75, 3.05) is 14.1 Å². The van der Waals surface area contributed by atoms with Gasteiger partial charge in [-0.05, 0) is 42.1 Å². The lowest BCUT2D eigenvalue weighted by atomic mass is 9.99. The van der Waals surface area contributed by atoms with Gasteiger partial charge in [-0.25, -0.2) is 0 Å². The molecule has 0 heterocycles. The van der Waals surface area contributed by atoms with Crippen molar-refractivity contribution in [1.29, 1.82) is 0 Å². The van der Waals surface area contributed by atoms with Gasteiger partial charge in [0.15, 0.2) is 10.2 Å². The molecule has 0 radical (unpaired) electrons. The van der Waals surface area contributed by atoms with Crippen LogP contribution in [-0.2, 0) is 0 Å². The Hall–Kier alpha value is -2.58. The summed E-state index contributed by atoms with van der Waals surface area (Å²) in [6.07, 6.45) is 0. The lowest BCUT2D eigenvalue weighted by molar-refractivity contribution is 0.966. The summed E-state index contributed by atoms with van der Waals surface area (Å²) >= 11 is 10.2. The maximum atomic E-state index is 5.12. The third kappa shape index (κ3) is 4.94. The summed E-state index contributed by atoms with van der Waals surface area (Å²) in [5.74, 6) is 0. The molecule has 2 aromatic carbocycles. The quantitative estimate of drug-likeness (QED) is 0.374. The molecule has 0 fully saturated rings. The second-order valence-electron chi connectivity index (χ2n) is 5.07. The van der Waals surface area contributed by atoms with Crippen LogP contribution in [0.15, 0.2) is 52.7 Å². The molecule has 0 aliphatic heterocycles. The minimum absolute atomic E-state index is 0.421. The highest BCUT2D eigenvalue weighted by Gasteiger charge is 2.12. The van der Waals surface area contributed by atoms with Crippen LogP contribution in [0.25, 0.3) is 10.8 Å². The zero-order valence-electron chi connectivity index (χ0n) is 14.3. The van der Waals surface area contributed by atoms with E-state index in [1.54, 1.807) is 14.1 Å². The first-order chi connectivity index (χ1) is 12.1. The Morgan fingerprint density at radius 1 is 0.840 bits per heavy atom. The fourth-order valence-electron chi connectivity index (χ4n) is 2.17. The van der Waals surface area contributed by atoms with Crippen molar-refractivity contribution < 1.29 is 0 Å². The van der Waals surface area contributed by atoms with Gasteiger partial charge in [0, 0.05) is 19.7 Å². The molecule has 0 aliphatic carbocycles. The Kier molecular flexibility index (Phi) is 6.79. The van der Waals surface area contributed by atoms with Gasteiger partial charge in [-0.2, -0.15) is 10.2 Å². The maximum absolute atomic E-state index is 5.12. The van der Waals surface area contributed by atoms with Crippen LogP contribution in [-0.4, -0.2) is 35.7 Å². The van der Waals surface area contributed by atoms with E-state index in [9.17, 15) is 0 Å². The molecule has 25 heavy (non-hydrogen) atoms. The average molecular weight is 373 g/mol. The van der Waals surface area contributed by atoms with E-state index in [0.717, 1.165) is 16.3 Å². The topological polar surface area (TPSA) is 72.8 Å². The van der Waals surface area contributed by atoms with Gasteiger partial charge < -0.3 is 10.6 Å². The zero-order chi connectivity index (χ0) is 18.2. The van der Waals surface area contributed by atoms with Crippen LogP contribution in [0.5, 0.6) is 0 Å². The Morgan fingerprint density at radius 2 is 1.44 bits per heavy atom. The molecule has 0 saturated carbocycles. The highest BCUT2D eigenvalue weighted by molar-refractivity contribution is 7.80. The van der Waals surface area contributed by atoms with E-state index in [1.165, 1.54) is 0 Å². The summed E-state index contributed by atoms with van der Waals surface area (Å²) in [6.45, 7) is 1.86. The Morgan fingerprint density at radius 3 is 2.12 bits per heavy atom. The molecule has 0 spiro atoms. The number of hydrogen-bond donors (Lipinski definition) is 4. The third-order valence-corrected chi connectivity index (χ3v) is 4.03. The maximum Gasteiger partial charge on any atom is 0.186 e. The highest BCUT2D eigenvalue weighted by atomic mass is 32.1. The first-order valence-electron chi connectivity index (χ1n) is 7.62. The molecule has 130 valence electrons. The van der Waals surface area contributed by atoms with Gasteiger partial charge in [-0.15, -0.1) is 0 Å². The van der Waals surface area contributed by atoms with E-state index in [2.05, 4.69) is 49.9 Å². The molecular weight excluding hydrogens is 352 g/mol. The third-order valence-electron chi connectivity index (χ3n) is 3.44. The first kappa shape index (κ1) is 18.8. The van der Waals surface area contributed by atoms with Crippen LogP contribution in [0.4, 0.5) is 0 Å². The molecule has 0 amide bonds. The molecule has 0 unspecified atom stereocenters. The SMILES string of the molecule is CNC(=S)N/N=C(C)/C(=N/NC(=S)NC)c1cccc2ccccc12. The van der Waals surface area contributed by atoms with Crippen LogP contribution in [0, 0.1) is 0 Å². The molecular formula is C17H20N6S2. The monoisotopic (exact) mass is 372 g/mol. The van der Waals surface area contributed by atoms with Gasteiger partial charge in [0.2, 0.25) is 0 Å². The van der Waals surface area contributed by atoms with Crippen molar-refractivity contribution in [2.24, 2.45) is 10.2 Å². The number of hydrogen-bond acceptors (Lipinski definition) is 4. The summed E-state index contributed by atoms with van der Waals surface area (Å²) in [7, 11) is 3.46. The van der Waals surface area contributed by atoms with E-state index in [-0.39, 0.29) is 0 Å². The number of rotatable bonds is 4. The van der Waals surface area contributed by atoms with Crippen LogP contribution in [0.1, 0.15) is 12.5 Å². The molecule has 2 aromatic rings. The lowest BCUT2D eigenvalue weighted by Gasteiger charge is -2.12. The molecule has 0 atom stereocenters. The smallest absolute Gasteiger partial charge is 0.186 e. The van der Waals surface area contributed by atoms with Crippen molar-refractivity contribution in [2.45, 2.75) is 6.92 Å². The van der Waals surface area contributed by atoms with Gasteiger partial charge in [0.1, 0.15) is 5.71 Å².